The zero-order valence-corrected chi connectivity index (χ0v) is 16.0. The fraction of sp³-hybridized carbons (Fsp3) is 0.409. The molecule has 0 bridgehead atoms. The first-order valence-electron chi connectivity index (χ1n) is 9.04. The minimum absolute atomic E-state index is 0.0381. The maximum absolute atomic E-state index is 12.5. The minimum Gasteiger partial charge on any atom is -0.346 e. The minimum atomic E-state index is 0.0381. The van der Waals surface area contributed by atoms with Gasteiger partial charge in [-0.2, -0.15) is 0 Å². The number of hydrogen-bond donors (Lipinski definition) is 0. The fourth-order valence-electron chi connectivity index (χ4n) is 3.51. The van der Waals surface area contributed by atoms with Gasteiger partial charge in [-0.05, 0) is 69.4 Å². The van der Waals surface area contributed by atoms with Crippen molar-refractivity contribution in [1.29, 1.82) is 0 Å². The summed E-state index contributed by atoms with van der Waals surface area (Å²) in [5.74, 6) is 0.0381. The molecule has 1 aromatic carbocycles. The third-order valence-corrected chi connectivity index (χ3v) is 5.12. The molecule has 1 aromatic heterocycles. The Bertz CT molecular complexity index is 825. The first kappa shape index (κ1) is 17.5. The first-order chi connectivity index (χ1) is 11.9. The second-order valence-electron chi connectivity index (χ2n) is 7.39. The van der Waals surface area contributed by atoms with E-state index in [1.165, 1.54) is 40.9 Å². The van der Waals surface area contributed by atoms with Crippen LogP contribution in [0.1, 0.15) is 52.5 Å². The second-order valence-corrected chi connectivity index (χ2v) is 7.39. The molecule has 1 saturated carbocycles. The van der Waals surface area contributed by atoms with E-state index in [1.54, 1.807) is 11.0 Å². The van der Waals surface area contributed by atoms with Crippen molar-refractivity contribution in [3.8, 4) is 0 Å². The molecule has 0 aliphatic heterocycles. The quantitative estimate of drug-likeness (QED) is 0.725. The molecule has 25 heavy (non-hydrogen) atoms. The van der Waals surface area contributed by atoms with Gasteiger partial charge in [0.2, 0.25) is 5.91 Å². The highest BCUT2D eigenvalue weighted by molar-refractivity contribution is 5.91. The molecule has 2 aromatic rings. The van der Waals surface area contributed by atoms with Gasteiger partial charge in [0.05, 0.1) is 0 Å². The van der Waals surface area contributed by atoms with E-state index in [2.05, 4.69) is 56.5 Å². The number of carbonyl (C=O) groups is 1. The highest BCUT2D eigenvalue weighted by Gasteiger charge is 2.26. The van der Waals surface area contributed by atoms with E-state index < -0.39 is 0 Å². The predicted molar refractivity (Wildman–Crippen MR) is 104 cm³/mol. The van der Waals surface area contributed by atoms with E-state index >= 15 is 0 Å². The van der Waals surface area contributed by atoms with Crippen molar-refractivity contribution in [3.05, 3.63) is 64.0 Å². The van der Waals surface area contributed by atoms with Gasteiger partial charge in [-0.1, -0.05) is 23.8 Å². The molecule has 0 saturated heterocycles. The molecule has 0 atom stereocenters. The number of amides is 1. The molecule has 132 valence electrons. The summed E-state index contributed by atoms with van der Waals surface area (Å²) in [7, 11) is 1.86. The van der Waals surface area contributed by atoms with Crippen LogP contribution in [0.2, 0.25) is 0 Å². The molecule has 0 unspecified atom stereocenters. The smallest absolute Gasteiger partial charge is 0.246 e. The molecule has 0 spiro atoms. The van der Waals surface area contributed by atoms with Crippen LogP contribution in [0.25, 0.3) is 6.08 Å². The van der Waals surface area contributed by atoms with Crippen molar-refractivity contribution in [2.75, 3.05) is 7.05 Å². The lowest BCUT2D eigenvalue weighted by Crippen LogP contribution is -2.24. The van der Waals surface area contributed by atoms with Crippen molar-refractivity contribution in [2.24, 2.45) is 0 Å². The van der Waals surface area contributed by atoms with Gasteiger partial charge in [-0.25, -0.2) is 0 Å². The van der Waals surface area contributed by atoms with Crippen LogP contribution in [0.4, 0.5) is 0 Å². The Morgan fingerprint density at radius 2 is 1.92 bits per heavy atom. The zero-order chi connectivity index (χ0) is 18.1. The Kier molecular flexibility index (Phi) is 4.85. The zero-order valence-electron chi connectivity index (χ0n) is 16.0. The van der Waals surface area contributed by atoms with Gasteiger partial charge in [-0.15, -0.1) is 0 Å². The lowest BCUT2D eigenvalue weighted by atomic mass is 10.1. The third-order valence-electron chi connectivity index (χ3n) is 5.12. The molecule has 1 amide bonds. The summed E-state index contributed by atoms with van der Waals surface area (Å²) in [5, 5.41) is 0. The summed E-state index contributed by atoms with van der Waals surface area (Å²) in [6.45, 7) is 9.12. The highest BCUT2D eigenvalue weighted by atomic mass is 16.2. The van der Waals surface area contributed by atoms with Gasteiger partial charge in [0.25, 0.3) is 0 Å². The number of aryl methyl sites for hydroxylation is 3. The van der Waals surface area contributed by atoms with Crippen LogP contribution in [0.5, 0.6) is 0 Å². The fourth-order valence-corrected chi connectivity index (χ4v) is 3.51. The molecular weight excluding hydrogens is 308 g/mol. The van der Waals surface area contributed by atoms with Crippen molar-refractivity contribution in [2.45, 2.75) is 53.1 Å². The van der Waals surface area contributed by atoms with Crippen molar-refractivity contribution in [1.82, 2.24) is 9.47 Å². The summed E-state index contributed by atoms with van der Waals surface area (Å²) in [6, 6.07) is 9.23. The van der Waals surface area contributed by atoms with Crippen LogP contribution in [0.15, 0.2) is 30.3 Å². The Hall–Kier alpha value is -2.29. The number of aromatic nitrogens is 1. The summed E-state index contributed by atoms with van der Waals surface area (Å²) >= 11 is 0. The molecule has 3 rings (SSSR count). The lowest BCUT2D eigenvalue weighted by molar-refractivity contribution is -0.125. The van der Waals surface area contributed by atoms with E-state index in [1.807, 2.05) is 13.1 Å². The van der Waals surface area contributed by atoms with Gasteiger partial charge in [0, 0.05) is 37.1 Å². The predicted octanol–water partition coefficient (Wildman–Crippen LogP) is 4.73. The average Bonchev–Trinajstić information content (AvgIpc) is 3.34. The van der Waals surface area contributed by atoms with Crippen LogP contribution in [-0.2, 0) is 11.3 Å². The Morgan fingerprint density at radius 1 is 1.20 bits per heavy atom. The van der Waals surface area contributed by atoms with E-state index in [-0.39, 0.29) is 5.91 Å². The maximum atomic E-state index is 12.5. The largest absolute Gasteiger partial charge is 0.346 e. The normalized spacial score (nSPS) is 14.3. The van der Waals surface area contributed by atoms with Gasteiger partial charge in [0.1, 0.15) is 0 Å². The van der Waals surface area contributed by atoms with Crippen molar-refractivity contribution < 1.29 is 4.79 Å². The lowest BCUT2D eigenvalue weighted by Gasteiger charge is -2.17. The van der Waals surface area contributed by atoms with Crippen LogP contribution >= 0.6 is 0 Å². The van der Waals surface area contributed by atoms with Gasteiger partial charge in [0.15, 0.2) is 0 Å². The van der Waals surface area contributed by atoms with Gasteiger partial charge < -0.3 is 9.47 Å². The molecule has 1 heterocycles. The summed E-state index contributed by atoms with van der Waals surface area (Å²) in [5.41, 5.74) is 7.38. The third kappa shape index (κ3) is 3.87. The van der Waals surface area contributed by atoms with Gasteiger partial charge >= 0.3 is 0 Å². The number of rotatable bonds is 5. The van der Waals surface area contributed by atoms with E-state index in [0.29, 0.717) is 12.6 Å². The molecule has 0 radical (unpaired) electrons. The summed E-state index contributed by atoms with van der Waals surface area (Å²) < 4.78 is 2.41. The first-order valence-corrected chi connectivity index (χ1v) is 9.04. The summed E-state index contributed by atoms with van der Waals surface area (Å²) in [6.07, 6.45) is 6.21. The number of hydrogen-bond acceptors (Lipinski definition) is 1. The molecule has 1 fully saturated rings. The molecule has 3 nitrogen and oxygen atoms in total. The highest BCUT2D eigenvalue weighted by Crippen LogP contribution is 2.38. The standard InChI is InChI=1S/C22H28N2O/c1-15-6-7-20(16(2)12-15)14-23(5)22(25)11-8-19-13-17(3)24(18(19)4)21-9-10-21/h6-8,11-13,21H,9-10,14H2,1-5H3/b11-8+. The number of benzene rings is 1. The van der Waals surface area contributed by atoms with Crippen LogP contribution in [-0.4, -0.2) is 22.4 Å². The van der Waals surface area contributed by atoms with Crippen LogP contribution in [0.3, 0.4) is 0 Å². The van der Waals surface area contributed by atoms with E-state index in [9.17, 15) is 4.79 Å². The van der Waals surface area contributed by atoms with Crippen molar-refractivity contribution in [3.63, 3.8) is 0 Å². The summed E-state index contributed by atoms with van der Waals surface area (Å²) in [4.78, 5) is 14.3. The van der Waals surface area contributed by atoms with Crippen molar-refractivity contribution >= 4 is 12.0 Å². The molecular formula is C22H28N2O. The SMILES string of the molecule is Cc1ccc(CN(C)C(=O)/C=C/c2cc(C)n(C3CC3)c2C)c(C)c1. The number of likely N-dealkylation sites (N-methyl/N-ethyl adjacent to an activating group) is 1. The molecule has 0 N–H and O–H groups in total. The second kappa shape index (κ2) is 6.91. The monoisotopic (exact) mass is 336 g/mol. The average molecular weight is 336 g/mol. The Balaban J connectivity index is 1.69. The molecule has 1 aliphatic rings. The topological polar surface area (TPSA) is 25.2 Å². The van der Waals surface area contributed by atoms with Crippen LogP contribution < -0.4 is 0 Å². The Morgan fingerprint density at radius 3 is 2.56 bits per heavy atom. The molecule has 1 aliphatic carbocycles. The number of carbonyl (C=O) groups excluding carboxylic acids is 1. The van der Waals surface area contributed by atoms with Crippen LogP contribution in [0, 0.1) is 27.7 Å². The Labute approximate surface area is 151 Å². The number of nitrogens with zero attached hydrogens (tertiary/aromatic N) is 2. The van der Waals surface area contributed by atoms with E-state index in [4.69, 9.17) is 0 Å². The van der Waals surface area contributed by atoms with E-state index in [0.717, 1.165) is 5.56 Å². The van der Waals surface area contributed by atoms with Gasteiger partial charge in [-0.3, -0.25) is 4.79 Å². The maximum Gasteiger partial charge on any atom is 0.246 e. The molecule has 3 heteroatoms.